The van der Waals surface area contributed by atoms with Crippen LogP contribution in [-0.4, -0.2) is 30.4 Å². The molecule has 158 valence electrons. The van der Waals surface area contributed by atoms with Gasteiger partial charge in [-0.3, -0.25) is 9.59 Å². The average molecular weight is 473 g/mol. The number of carbonyl (C=O) groups excluding carboxylic acids is 3. The predicted octanol–water partition coefficient (Wildman–Crippen LogP) is 3.92. The summed E-state index contributed by atoms with van der Waals surface area (Å²) >= 11 is 3.37. The summed E-state index contributed by atoms with van der Waals surface area (Å²) in [5, 5.41) is 5.34. The molecule has 2 aromatic carbocycles. The molecule has 2 N–H and O–H groups in total. The summed E-state index contributed by atoms with van der Waals surface area (Å²) in [6.07, 6.45) is 1.56. The lowest BCUT2D eigenvalue weighted by Crippen LogP contribution is -2.47. The third-order valence-electron chi connectivity index (χ3n) is 4.20. The van der Waals surface area contributed by atoms with E-state index in [9.17, 15) is 14.4 Å². The van der Waals surface area contributed by atoms with Crippen molar-refractivity contribution in [2.75, 3.05) is 6.61 Å². The molecule has 30 heavy (non-hydrogen) atoms. The maximum atomic E-state index is 13.0. The summed E-state index contributed by atoms with van der Waals surface area (Å²) in [6.45, 7) is 5.53. The summed E-state index contributed by atoms with van der Waals surface area (Å²) in [6, 6.07) is 15.0. The van der Waals surface area contributed by atoms with Gasteiger partial charge in [-0.1, -0.05) is 60.1 Å². The number of hydrogen-bond acceptors (Lipinski definition) is 4. The maximum Gasteiger partial charge on any atom is 0.328 e. The highest BCUT2D eigenvalue weighted by Crippen LogP contribution is 2.14. The first-order chi connectivity index (χ1) is 14.3. The number of rotatable bonds is 8. The van der Waals surface area contributed by atoms with Gasteiger partial charge in [0.25, 0.3) is 11.8 Å². The predicted molar refractivity (Wildman–Crippen MR) is 119 cm³/mol. The van der Waals surface area contributed by atoms with E-state index in [0.717, 1.165) is 4.47 Å². The zero-order chi connectivity index (χ0) is 22.1. The third-order valence-corrected chi connectivity index (χ3v) is 4.73. The van der Waals surface area contributed by atoms with E-state index < -0.39 is 23.8 Å². The van der Waals surface area contributed by atoms with Gasteiger partial charge in [0.1, 0.15) is 11.7 Å². The second-order valence-electron chi connectivity index (χ2n) is 6.88. The number of hydrogen-bond donors (Lipinski definition) is 2. The number of halogens is 1. The van der Waals surface area contributed by atoms with Crippen LogP contribution in [0.15, 0.2) is 64.8 Å². The molecule has 0 saturated carbocycles. The number of carbonyl (C=O) groups is 3. The Morgan fingerprint density at radius 1 is 1.03 bits per heavy atom. The fourth-order valence-corrected chi connectivity index (χ4v) is 2.88. The van der Waals surface area contributed by atoms with Crippen molar-refractivity contribution in [3.05, 3.63) is 75.9 Å². The lowest BCUT2D eigenvalue weighted by atomic mass is 10.0. The van der Waals surface area contributed by atoms with Gasteiger partial charge in [0, 0.05) is 10.0 Å². The van der Waals surface area contributed by atoms with Crippen molar-refractivity contribution in [2.45, 2.75) is 26.8 Å². The monoisotopic (exact) mass is 472 g/mol. The Morgan fingerprint density at radius 2 is 1.67 bits per heavy atom. The Morgan fingerprint density at radius 3 is 2.23 bits per heavy atom. The molecule has 7 heteroatoms. The molecule has 1 unspecified atom stereocenters. The van der Waals surface area contributed by atoms with Gasteiger partial charge in [-0.05, 0) is 48.7 Å². The van der Waals surface area contributed by atoms with E-state index in [2.05, 4.69) is 26.6 Å². The van der Waals surface area contributed by atoms with Crippen LogP contribution in [0.2, 0.25) is 0 Å². The number of nitrogens with one attached hydrogen (secondary N) is 2. The third kappa shape index (κ3) is 6.84. The summed E-state index contributed by atoms with van der Waals surface area (Å²) < 4.78 is 5.95. The molecule has 0 aliphatic carbocycles. The van der Waals surface area contributed by atoms with E-state index in [1.807, 2.05) is 26.0 Å². The largest absolute Gasteiger partial charge is 0.464 e. The molecule has 0 aromatic heterocycles. The molecule has 0 heterocycles. The van der Waals surface area contributed by atoms with E-state index >= 15 is 0 Å². The number of amides is 2. The van der Waals surface area contributed by atoms with Gasteiger partial charge < -0.3 is 15.4 Å². The summed E-state index contributed by atoms with van der Waals surface area (Å²) in [5.74, 6) is -1.70. The average Bonchev–Trinajstić information content (AvgIpc) is 2.73. The smallest absolute Gasteiger partial charge is 0.328 e. The lowest BCUT2D eigenvalue weighted by molar-refractivity contribution is -0.148. The molecule has 0 fully saturated rings. The van der Waals surface area contributed by atoms with Gasteiger partial charge >= 0.3 is 5.97 Å². The Balaban J connectivity index is 2.31. The minimum atomic E-state index is -0.834. The number of esters is 1. The second kappa shape index (κ2) is 11.3. The molecular weight excluding hydrogens is 448 g/mol. The molecule has 0 saturated heterocycles. The molecule has 2 aromatic rings. The van der Waals surface area contributed by atoms with Gasteiger partial charge in [0.2, 0.25) is 0 Å². The Hall–Kier alpha value is -2.93. The van der Waals surface area contributed by atoms with E-state index in [1.54, 1.807) is 55.5 Å². The first-order valence-corrected chi connectivity index (χ1v) is 10.4. The molecule has 0 bridgehead atoms. The fourth-order valence-electron chi connectivity index (χ4n) is 2.62. The van der Waals surface area contributed by atoms with Crippen LogP contribution in [0.4, 0.5) is 0 Å². The highest BCUT2D eigenvalue weighted by Gasteiger charge is 2.27. The molecule has 1 atom stereocenters. The van der Waals surface area contributed by atoms with Crippen molar-refractivity contribution >= 4 is 39.8 Å². The van der Waals surface area contributed by atoms with Crippen LogP contribution in [0.25, 0.3) is 6.08 Å². The molecule has 0 spiro atoms. The van der Waals surface area contributed by atoms with Gasteiger partial charge in [0.05, 0.1) is 6.61 Å². The van der Waals surface area contributed by atoms with Gasteiger partial charge in [-0.15, -0.1) is 0 Å². The van der Waals surface area contributed by atoms with Crippen LogP contribution in [0.1, 0.15) is 36.7 Å². The zero-order valence-corrected chi connectivity index (χ0v) is 18.7. The van der Waals surface area contributed by atoms with E-state index in [1.165, 1.54) is 0 Å². The quantitative estimate of drug-likeness (QED) is 0.450. The Bertz CT molecular complexity index is 909. The first kappa shape index (κ1) is 23.3. The molecule has 0 radical (unpaired) electrons. The van der Waals surface area contributed by atoms with Crippen LogP contribution in [0, 0.1) is 5.92 Å². The fraction of sp³-hybridized carbons (Fsp3) is 0.261. The molecule has 2 rings (SSSR count). The SMILES string of the molecule is CCOC(=O)C(NC(=O)C(=Cc1ccc(Br)cc1)NC(=O)c1ccccc1)C(C)C. The summed E-state index contributed by atoms with van der Waals surface area (Å²) in [5.41, 5.74) is 1.16. The normalized spacial score (nSPS) is 12.2. The number of ether oxygens (including phenoxy) is 1. The molecule has 0 aliphatic heterocycles. The van der Waals surface area contributed by atoms with Crippen molar-refractivity contribution in [2.24, 2.45) is 5.92 Å². The van der Waals surface area contributed by atoms with Crippen LogP contribution in [0.5, 0.6) is 0 Å². The molecule has 2 amide bonds. The zero-order valence-electron chi connectivity index (χ0n) is 17.1. The Labute approximate surface area is 184 Å². The maximum absolute atomic E-state index is 13.0. The summed E-state index contributed by atoms with van der Waals surface area (Å²) in [4.78, 5) is 37.9. The van der Waals surface area contributed by atoms with Crippen molar-refractivity contribution in [1.29, 1.82) is 0 Å². The van der Waals surface area contributed by atoms with E-state index in [0.29, 0.717) is 11.1 Å². The first-order valence-electron chi connectivity index (χ1n) is 9.63. The lowest BCUT2D eigenvalue weighted by Gasteiger charge is -2.21. The molecular formula is C23H25BrN2O4. The van der Waals surface area contributed by atoms with Crippen molar-refractivity contribution in [1.82, 2.24) is 10.6 Å². The highest BCUT2D eigenvalue weighted by atomic mass is 79.9. The van der Waals surface area contributed by atoms with Crippen LogP contribution >= 0.6 is 15.9 Å². The second-order valence-corrected chi connectivity index (χ2v) is 7.79. The van der Waals surface area contributed by atoms with Crippen molar-refractivity contribution in [3.63, 3.8) is 0 Å². The minimum Gasteiger partial charge on any atom is -0.464 e. The van der Waals surface area contributed by atoms with Crippen LogP contribution in [-0.2, 0) is 14.3 Å². The Kier molecular flexibility index (Phi) is 8.80. The highest BCUT2D eigenvalue weighted by molar-refractivity contribution is 9.10. The van der Waals surface area contributed by atoms with Crippen LogP contribution in [0.3, 0.4) is 0 Å². The van der Waals surface area contributed by atoms with Gasteiger partial charge in [-0.25, -0.2) is 4.79 Å². The molecule has 0 aliphatic rings. The van der Waals surface area contributed by atoms with Crippen molar-refractivity contribution < 1.29 is 19.1 Å². The number of benzene rings is 2. The summed E-state index contributed by atoms with van der Waals surface area (Å²) in [7, 11) is 0. The topological polar surface area (TPSA) is 84.5 Å². The van der Waals surface area contributed by atoms with Crippen LogP contribution < -0.4 is 10.6 Å². The van der Waals surface area contributed by atoms with Gasteiger partial charge in [0.15, 0.2) is 0 Å². The van der Waals surface area contributed by atoms with E-state index in [4.69, 9.17) is 4.74 Å². The van der Waals surface area contributed by atoms with E-state index in [-0.39, 0.29) is 18.2 Å². The standard InChI is InChI=1S/C23H25BrN2O4/c1-4-30-23(29)20(15(2)3)26-22(28)19(14-16-10-12-18(24)13-11-16)25-21(27)17-8-6-5-7-9-17/h5-15,20H,4H2,1-3H3,(H,25,27)(H,26,28). The van der Waals surface area contributed by atoms with Crippen molar-refractivity contribution in [3.8, 4) is 0 Å². The molecule has 6 nitrogen and oxygen atoms in total. The minimum absolute atomic E-state index is 0.0288. The van der Waals surface area contributed by atoms with Gasteiger partial charge in [-0.2, -0.15) is 0 Å².